The van der Waals surface area contributed by atoms with Gasteiger partial charge in [0.15, 0.2) is 0 Å². The lowest BCUT2D eigenvalue weighted by Crippen LogP contribution is -2.30. The highest BCUT2D eigenvalue weighted by Crippen LogP contribution is 2.46. The van der Waals surface area contributed by atoms with Crippen molar-refractivity contribution in [1.29, 1.82) is 0 Å². The number of nitrogens with one attached hydrogen (secondary N) is 1. The molecular formula is C14H18FNO3. The molecule has 19 heavy (non-hydrogen) atoms. The van der Waals surface area contributed by atoms with Crippen LogP contribution in [0.1, 0.15) is 18.4 Å². The topological polar surface area (TPSA) is 47.6 Å². The van der Waals surface area contributed by atoms with Crippen molar-refractivity contribution in [3.05, 3.63) is 29.6 Å². The van der Waals surface area contributed by atoms with Crippen molar-refractivity contribution in [1.82, 2.24) is 5.32 Å². The molecule has 0 radical (unpaired) electrons. The quantitative estimate of drug-likeness (QED) is 0.799. The van der Waals surface area contributed by atoms with E-state index < -0.39 is 0 Å². The molecule has 0 atom stereocenters. The van der Waals surface area contributed by atoms with Gasteiger partial charge in [-0.2, -0.15) is 0 Å². The first-order valence-electron chi connectivity index (χ1n) is 6.23. The third-order valence-corrected chi connectivity index (χ3v) is 3.49. The number of halogens is 1. The molecule has 2 rings (SSSR count). The number of carbonyl (C=O) groups excluding carboxylic acids is 1. The highest BCUT2D eigenvalue weighted by molar-refractivity contribution is 5.80. The molecule has 0 aliphatic heterocycles. The maximum atomic E-state index is 13.2. The molecule has 1 fully saturated rings. The number of rotatable bonds is 6. The van der Waals surface area contributed by atoms with E-state index in [4.69, 9.17) is 9.47 Å². The van der Waals surface area contributed by atoms with Gasteiger partial charge in [0.1, 0.15) is 11.6 Å². The van der Waals surface area contributed by atoms with Crippen LogP contribution in [0.15, 0.2) is 18.2 Å². The first kappa shape index (κ1) is 13.8. The van der Waals surface area contributed by atoms with Crippen LogP contribution in [0.25, 0.3) is 0 Å². The Labute approximate surface area is 111 Å². The third kappa shape index (κ3) is 3.04. The number of carbonyl (C=O) groups is 1. The van der Waals surface area contributed by atoms with E-state index in [1.807, 2.05) is 0 Å². The highest BCUT2D eigenvalue weighted by atomic mass is 19.1. The maximum absolute atomic E-state index is 13.2. The van der Waals surface area contributed by atoms with Crippen molar-refractivity contribution in [3.8, 4) is 5.75 Å². The van der Waals surface area contributed by atoms with E-state index in [1.165, 1.54) is 19.2 Å². The van der Waals surface area contributed by atoms with E-state index in [0.717, 1.165) is 18.4 Å². The van der Waals surface area contributed by atoms with Crippen molar-refractivity contribution in [3.63, 3.8) is 0 Å². The van der Waals surface area contributed by atoms with E-state index in [2.05, 4.69) is 5.32 Å². The largest absolute Gasteiger partial charge is 0.496 e. The SMILES string of the molecule is COC(=O)C1(CNCc2cc(F)ccc2OC)CC1. The van der Waals surface area contributed by atoms with Gasteiger partial charge in [-0.15, -0.1) is 0 Å². The van der Waals surface area contributed by atoms with Gasteiger partial charge < -0.3 is 14.8 Å². The summed E-state index contributed by atoms with van der Waals surface area (Å²) in [5.41, 5.74) is 0.359. The zero-order valence-electron chi connectivity index (χ0n) is 11.2. The van der Waals surface area contributed by atoms with Gasteiger partial charge in [-0.3, -0.25) is 4.79 Å². The Hall–Kier alpha value is -1.62. The molecule has 1 aromatic carbocycles. The molecule has 0 saturated heterocycles. The summed E-state index contributed by atoms with van der Waals surface area (Å²) in [5.74, 6) is 0.162. The molecule has 0 spiro atoms. The van der Waals surface area contributed by atoms with Crippen LogP contribution in [-0.2, 0) is 16.1 Å². The van der Waals surface area contributed by atoms with Crippen molar-refractivity contribution in [2.75, 3.05) is 20.8 Å². The predicted octanol–water partition coefficient (Wildman–Crippen LogP) is 1.88. The minimum atomic E-state index is -0.380. The summed E-state index contributed by atoms with van der Waals surface area (Å²) >= 11 is 0. The minimum Gasteiger partial charge on any atom is -0.496 e. The fourth-order valence-corrected chi connectivity index (χ4v) is 2.14. The van der Waals surface area contributed by atoms with Crippen molar-refractivity contribution in [2.24, 2.45) is 5.41 Å². The molecule has 0 amide bonds. The van der Waals surface area contributed by atoms with Gasteiger partial charge in [-0.1, -0.05) is 0 Å². The van der Waals surface area contributed by atoms with Crippen molar-refractivity contribution < 1.29 is 18.7 Å². The lowest BCUT2D eigenvalue weighted by molar-refractivity contribution is -0.146. The lowest BCUT2D eigenvalue weighted by atomic mass is 10.1. The van der Waals surface area contributed by atoms with Crippen LogP contribution in [0, 0.1) is 11.2 Å². The molecule has 1 aliphatic rings. The molecule has 104 valence electrons. The molecule has 5 heteroatoms. The monoisotopic (exact) mass is 267 g/mol. The average Bonchev–Trinajstić information content (AvgIpc) is 3.19. The van der Waals surface area contributed by atoms with E-state index in [1.54, 1.807) is 13.2 Å². The first-order chi connectivity index (χ1) is 9.11. The Bertz CT molecular complexity index is 472. The Morgan fingerprint density at radius 2 is 2.16 bits per heavy atom. The zero-order valence-corrected chi connectivity index (χ0v) is 11.2. The molecule has 1 aliphatic carbocycles. The Morgan fingerprint density at radius 1 is 1.42 bits per heavy atom. The van der Waals surface area contributed by atoms with E-state index in [-0.39, 0.29) is 17.2 Å². The lowest BCUT2D eigenvalue weighted by Gasteiger charge is -2.14. The van der Waals surface area contributed by atoms with E-state index in [9.17, 15) is 9.18 Å². The summed E-state index contributed by atoms with van der Waals surface area (Å²) in [7, 11) is 2.95. The summed E-state index contributed by atoms with van der Waals surface area (Å²) in [6, 6.07) is 4.39. The van der Waals surface area contributed by atoms with Crippen LogP contribution >= 0.6 is 0 Å². The van der Waals surface area contributed by atoms with Gasteiger partial charge in [0, 0.05) is 18.7 Å². The Kier molecular flexibility index (Phi) is 4.04. The van der Waals surface area contributed by atoms with E-state index >= 15 is 0 Å². The molecule has 0 heterocycles. The summed E-state index contributed by atoms with van der Waals surface area (Å²) in [4.78, 5) is 11.6. The number of ether oxygens (including phenoxy) is 2. The number of benzene rings is 1. The molecule has 1 aromatic rings. The Balaban J connectivity index is 1.93. The van der Waals surface area contributed by atoms with Crippen LogP contribution in [0.5, 0.6) is 5.75 Å². The molecular weight excluding hydrogens is 249 g/mol. The Morgan fingerprint density at radius 3 is 2.74 bits per heavy atom. The fraction of sp³-hybridized carbons (Fsp3) is 0.500. The standard InChI is InChI=1S/C14H18FNO3/c1-18-12-4-3-11(15)7-10(12)8-16-9-14(5-6-14)13(17)19-2/h3-4,7,16H,5-6,8-9H2,1-2H3. The fourth-order valence-electron chi connectivity index (χ4n) is 2.14. The summed E-state index contributed by atoms with van der Waals surface area (Å²) in [6.45, 7) is 0.999. The van der Waals surface area contributed by atoms with Crippen LogP contribution < -0.4 is 10.1 Å². The van der Waals surface area contributed by atoms with Gasteiger partial charge >= 0.3 is 5.97 Å². The van der Waals surface area contributed by atoms with Gasteiger partial charge in [0.25, 0.3) is 0 Å². The summed E-state index contributed by atoms with van der Waals surface area (Å²) < 4.78 is 23.1. The third-order valence-electron chi connectivity index (χ3n) is 3.49. The van der Waals surface area contributed by atoms with Crippen LogP contribution in [0.4, 0.5) is 4.39 Å². The second-order valence-corrected chi connectivity index (χ2v) is 4.83. The molecule has 1 N–H and O–H groups in total. The number of hydrogen-bond acceptors (Lipinski definition) is 4. The minimum absolute atomic E-state index is 0.175. The number of esters is 1. The van der Waals surface area contributed by atoms with Crippen LogP contribution in [-0.4, -0.2) is 26.7 Å². The average molecular weight is 267 g/mol. The molecule has 0 aromatic heterocycles. The van der Waals surface area contributed by atoms with Gasteiger partial charge in [-0.25, -0.2) is 4.39 Å². The first-order valence-corrected chi connectivity index (χ1v) is 6.23. The molecule has 0 unspecified atom stereocenters. The van der Waals surface area contributed by atoms with Crippen LogP contribution in [0.2, 0.25) is 0 Å². The smallest absolute Gasteiger partial charge is 0.313 e. The van der Waals surface area contributed by atoms with Gasteiger partial charge in [-0.05, 0) is 31.0 Å². The highest BCUT2D eigenvalue weighted by Gasteiger charge is 2.50. The number of methoxy groups -OCH3 is 2. The van der Waals surface area contributed by atoms with Crippen molar-refractivity contribution >= 4 is 5.97 Å². The van der Waals surface area contributed by atoms with Gasteiger partial charge in [0.05, 0.1) is 19.6 Å². The second kappa shape index (κ2) is 5.57. The van der Waals surface area contributed by atoms with Gasteiger partial charge in [0.2, 0.25) is 0 Å². The maximum Gasteiger partial charge on any atom is 0.313 e. The molecule has 1 saturated carbocycles. The molecule has 4 nitrogen and oxygen atoms in total. The normalized spacial score (nSPS) is 15.9. The summed E-state index contributed by atoms with van der Waals surface area (Å²) in [6.07, 6.45) is 1.68. The predicted molar refractivity (Wildman–Crippen MR) is 68.3 cm³/mol. The summed E-state index contributed by atoms with van der Waals surface area (Å²) in [5, 5.41) is 3.17. The molecule has 0 bridgehead atoms. The van der Waals surface area contributed by atoms with Crippen LogP contribution in [0.3, 0.4) is 0 Å². The number of hydrogen-bond donors (Lipinski definition) is 1. The van der Waals surface area contributed by atoms with Crippen molar-refractivity contribution in [2.45, 2.75) is 19.4 Å². The second-order valence-electron chi connectivity index (χ2n) is 4.83. The van der Waals surface area contributed by atoms with E-state index in [0.29, 0.717) is 18.8 Å². The zero-order chi connectivity index (χ0) is 13.9.